The molecule has 4 fully saturated rings. The van der Waals surface area contributed by atoms with E-state index in [1.54, 1.807) is 107 Å². The quantitative estimate of drug-likeness (QED) is 0.0346. The first-order valence-corrected chi connectivity index (χ1v) is 87.3. The zero-order valence-electron chi connectivity index (χ0n) is 72.2. The van der Waals surface area contributed by atoms with Crippen LogP contribution in [-0.2, 0) is 361 Å². The molecule has 0 aromatic carbocycles. The Morgan fingerprint density at radius 2 is 0.758 bits per heavy atom. The number of rotatable bonds is 23. The Balaban J connectivity index is -0.0000000966. The van der Waals surface area contributed by atoms with Gasteiger partial charge in [0.15, 0.2) is 24.8 Å². The van der Waals surface area contributed by atoms with Gasteiger partial charge in [-0.15, -0.1) is 0 Å². The fourth-order valence-corrected chi connectivity index (χ4v) is 110. The number of hydrogen-bond donors (Lipinski definition) is 6. The second kappa shape index (κ2) is 136. The van der Waals surface area contributed by atoms with Crippen LogP contribution in [0.5, 0.6) is 0 Å². The van der Waals surface area contributed by atoms with E-state index in [9.17, 15) is 28.7 Å². The molecule has 78 heteroatoms. The van der Waals surface area contributed by atoms with Crippen LogP contribution in [-0.4, -0.2) is 145 Å². The molecule has 4 aliphatic rings. The zero-order valence-corrected chi connectivity index (χ0v) is 170. The molecule has 0 amide bonds. The summed E-state index contributed by atoms with van der Waals surface area (Å²) in [5.74, 6) is 4.07. The number of aliphatic hydroxyl groups is 4. The number of ether oxygens (including phenoxy) is 2. The molecule has 4 heterocycles. The molecule has 6 N–H and O–H groups in total. The predicted molar refractivity (Wildman–Crippen MR) is 581 cm³/mol. The molecule has 2 aromatic heterocycles. The Morgan fingerprint density at radius 3 is 1.02 bits per heavy atom. The second-order valence-corrected chi connectivity index (χ2v) is 92.2. The Bertz CT molecular complexity index is 5150. The van der Waals surface area contributed by atoms with Gasteiger partial charge in [-0.05, 0) is 105 Å². The topological polar surface area (TPSA) is 231 Å². The summed E-state index contributed by atoms with van der Waals surface area (Å²) in [6.45, 7) is 13.2. The van der Waals surface area contributed by atoms with E-state index in [-0.39, 0.29) is 524 Å². The van der Waals surface area contributed by atoms with Crippen LogP contribution in [0.25, 0.3) is 0 Å². The SMILES string of the molecule is CC(SSCCCCO)C1CCCCC1.S=S=S=S=S=S=S=S=S=S=S=S=S=S=S=S=S=S=S=S=S=S=S=S=S=S=S=S=S=S=S=S=S=S=S=S=S=S.[2H]CC1OC(n2ccc(=O)[nH]c2=O)C(F)C1O.[2H]CC1OC(n2ccc(=O)[nH]c2=O)C(F)C1OP(OCCCCSSC(C)C1CCCCC1)N(C(C)C)C(C)C.[3H]OC.[3H]OC.[U].[U].[U].[U].[U].[U].[U].[U].[U].[U].[U].[U].[U].[U].[U].[U]. The van der Waals surface area contributed by atoms with Crippen molar-refractivity contribution in [3.8, 4) is 0 Å². The van der Waals surface area contributed by atoms with Crippen LogP contribution in [0.2, 0.25) is 0 Å². The van der Waals surface area contributed by atoms with E-state index < -0.39 is 80.2 Å². The Hall–Kier alpha value is 23.9. The van der Waals surface area contributed by atoms with E-state index in [1.165, 1.54) is 108 Å². The van der Waals surface area contributed by atoms with Crippen LogP contribution >= 0.6 is 51.7 Å². The van der Waals surface area contributed by atoms with Crippen LogP contribution in [0.15, 0.2) is 43.7 Å². The zero-order chi connectivity index (χ0) is 85.6. The van der Waals surface area contributed by atoms with E-state index in [4.69, 9.17) is 51.6 Å². The van der Waals surface area contributed by atoms with Crippen molar-refractivity contribution in [1.82, 2.24) is 23.8 Å². The molecule has 0 bridgehead atoms. The number of aromatic amines is 2. The van der Waals surface area contributed by atoms with Gasteiger partial charge in [0.05, 0.1) is 18.8 Å². The van der Waals surface area contributed by atoms with Crippen molar-refractivity contribution in [2.45, 2.75) is 217 Å². The molecule has 6 rings (SSSR count). The largest absolute Gasteiger partial charge is 0.400 e. The van der Waals surface area contributed by atoms with E-state index in [2.05, 4.69) is 44.5 Å². The summed E-state index contributed by atoms with van der Waals surface area (Å²) in [5, 5.41) is 26.6. The summed E-state index contributed by atoms with van der Waals surface area (Å²) in [6, 6.07) is 2.38. The molecule has 2 saturated carbocycles. The summed E-state index contributed by atoms with van der Waals surface area (Å²) in [5.41, 5.74) is -2.75. The van der Waals surface area contributed by atoms with Crippen LogP contribution in [0.3, 0.4) is 0 Å². The molecule has 17 nitrogen and oxygen atoms in total. The number of alkyl halides is 2. The minimum Gasteiger partial charge on any atom is -0.400 e. The van der Waals surface area contributed by atoms with E-state index in [0.29, 0.717) is 18.5 Å². The van der Waals surface area contributed by atoms with Gasteiger partial charge in [0.2, 0.25) is 2.86 Å². The van der Waals surface area contributed by atoms with Gasteiger partial charge >= 0.3 is 11.4 Å². The molecule has 0 radical (unpaired) electrons. The standard InChI is InChI=1S/C27H47FN3O5PS2.C12H24OS2.C9H11FN2O4.2CH4O.S38.16U/c1-18(2)31(19(3)4)37(34-16-10-11-17-38-39-21(6)22-12-8-7-9-13-22)36-25-20(5)35-26(24(25)28)30-15-14-23(32)29-27(30)33;1-11(12-7-3-2-4-8-12)15-14-10-6-5-9-13;1-4-7(14)6(10)8(16-4)12-3-2-5(13)11-9(12)15;2*1-2;1-3-5-7-9-11-13-15-17-19-21-23-25-27-29-31-33-35-37-38-36-34-32-30-28-26-24-22-20-18-16-14-12-10-8-6-4-2;;;;;;;;;;;;;;;;/h14-15,18-22,24-26H,7-13,16-17H2,1-6H3,(H,29,32,33);11-13H,2-10H2,1H3;2-4,6-8,14H,1H3,(H,11,13,15);2*2H,1H3;;;;;;;;;;;;;;;;;/i5D;;1D;2*2T;;;;;;;;;;;;;;;;;. The van der Waals surface area contributed by atoms with Crippen LogP contribution < -0.4 is 22.5 Å². The van der Waals surface area contributed by atoms with Gasteiger partial charge in [-0.3, -0.25) is 28.7 Å². The van der Waals surface area contributed by atoms with E-state index in [0.717, 1.165) is 76.0 Å². The molecule has 2 aliphatic carbocycles. The van der Waals surface area contributed by atoms with Crippen LogP contribution in [0.1, 0.15) is 160 Å². The Kier molecular flexibility index (Phi) is 188. The van der Waals surface area contributed by atoms with Crippen molar-refractivity contribution in [2.24, 2.45) is 11.8 Å². The van der Waals surface area contributed by atoms with Crippen molar-refractivity contribution >= 4 is 394 Å². The molecule has 11 unspecified atom stereocenters. The molecular formula is C50H90F2N5O12PS42U16. The van der Waals surface area contributed by atoms with Gasteiger partial charge in [-0.25, -0.2) is 23.0 Å². The Labute approximate surface area is 1270 Å². The summed E-state index contributed by atoms with van der Waals surface area (Å²) < 4.78 is 83.2. The van der Waals surface area contributed by atoms with Crippen molar-refractivity contribution in [2.75, 3.05) is 38.9 Å². The average Bonchev–Trinajstić information content (AvgIpc) is 1.66. The fourth-order valence-electron chi connectivity index (χ4n) is 9.19. The molecule has 128 heavy (non-hydrogen) atoms. The first-order chi connectivity index (χ1) is 56.3. The van der Waals surface area contributed by atoms with Crippen molar-refractivity contribution in [3.63, 3.8) is 0 Å². The van der Waals surface area contributed by atoms with Crippen LogP contribution in [0, 0.1) is 510 Å². The molecule has 722 valence electrons. The third-order valence-electron chi connectivity index (χ3n) is 13.8. The number of unbranched alkanes of at least 4 members (excludes halogenated alkanes) is 2. The maximum Gasteiger partial charge on any atom is 0.330 e. The summed E-state index contributed by atoms with van der Waals surface area (Å²) in [6.07, 6.45) is 9.91. The van der Waals surface area contributed by atoms with Gasteiger partial charge in [0.25, 0.3) is 19.6 Å². The number of aliphatic hydroxyl groups excluding tert-OH is 4. The number of hydrogen-bond acceptors (Lipinski definition) is 19. The number of halogens is 2. The van der Waals surface area contributed by atoms with Gasteiger partial charge in [-0.2, -0.15) is 0 Å². The number of nitrogens with one attached hydrogen (secondary N) is 2. The second-order valence-electron chi connectivity index (χ2n) is 21.4. The molecular weight excluding hydrogens is 6090 g/mol. The summed E-state index contributed by atoms with van der Waals surface area (Å²) in [4.78, 5) is 50.1. The monoisotopic (exact) mass is 6180 g/mol. The van der Waals surface area contributed by atoms with E-state index in [1.807, 2.05) is 260 Å². The molecule has 2 aliphatic heterocycles. The Morgan fingerprint density at radius 1 is 0.477 bits per heavy atom. The van der Waals surface area contributed by atoms with Gasteiger partial charge in [0.1, 0.15) is 12.2 Å². The van der Waals surface area contributed by atoms with Gasteiger partial charge in [0, 0.05) is 922 Å². The number of H-pyrrole nitrogens is 2. The summed E-state index contributed by atoms with van der Waals surface area (Å²) in [7, 11) is 72.7. The van der Waals surface area contributed by atoms with Crippen LogP contribution in [0.4, 0.5) is 8.78 Å². The first-order valence-electron chi connectivity index (χ1n) is 34.3. The minimum atomic E-state index is -1.81. The normalized spacial score (nSPS) is 17.4. The van der Waals surface area contributed by atoms with Crippen molar-refractivity contribution < 1.29 is 548 Å². The number of aromatic nitrogens is 4. The minimum absolute atomic E-state index is 0. The van der Waals surface area contributed by atoms with E-state index >= 15 is 4.39 Å². The predicted octanol–water partition coefficient (Wildman–Crippen LogP) is 9.06. The fraction of sp³-hybridized carbons (Fsp3) is 0.840. The van der Waals surface area contributed by atoms with Gasteiger partial charge < -0.3 is 39.0 Å². The maximum atomic E-state index is 15.8. The molecule has 2 aromatic rings. The maximum absolute atomic E-state index is 15.8. The van der Waals surface area contributed by atoms with Crippen molar-refractivity contribution in [1.29, 1.82) is 2.86 Å². The van der Waals surface area contributed by atoms with Crippen molar-refractivity contribution in [3.05, 3.63) is 66.2 Å². The third kappa shape index (κ3) is 100. The smallest absolute Gasteiger partial charge is 0.330 e. The average molecular weight is 6180 g/mol. The first kappa shape index (κ1) is 177. The summed E-state index contributed by atoms with van der Waals surface area (Å²) >= 11 is 9.60. The number of nitrogens with zero attached hydrogens (tertiary/aromatic N) is 3. The van der Waals surface area contributed by atoms with Gasteiger partial charge in [-0.1, -0.05) is 95.5 Å². The molecule has 0 spiro atoms. The third-order valence-corrected chi connectivity index (χ3v) is 99.9. The molecule has 2 saturated heterocycles. The molecule has 11 atom stereocenters.